The van der Waals surface area contributed by atoms with Gasteiger partial charge < -0.3 is 16.0 Å². The minimum atomic E-state index is -4.42. The third-order valence-corrected chi connectivity index (χ3v) is 3.27. The summed E-state index contributed by atoms with van der Waals surface area (Å²) in [7, 11) is 0. The van der Waals surface area contributed by atoms with Crippen LogP contribution >= 0.6 is 0 Å². The van der Waals surface area contributed by atoms with Gasteiger partial charge in [0.25, 0.3) is 0 Å². The molecule has 1 aromatic carbocycles. The molecule has 0 saturated carbocycles. The number of hydrogen-bond acceptors (Lipinski definition) is 3. The van der Waals surface area contributed by atoms with Crippen molar-refractivity contribution >= 4 is 17.3 Å². The molecule has 0 atom stereocenters. The molecular weight excluding hydrogens is 271 g/mol. The van der Waals surface area contributed by atoms with Gasteiger partial charge in [-0.25, -0.2) is 0 Å². The number of hydrogen-bond donors (Lipinski definition) is 2. The van der Waals surface area contributed by atoms with Crippen molar-refractivity contribution < 1.29 is 18.0 Å². The Morgan fingerprint density at radius 2 is 1.95 bits per heavy atom. The molecule has 0 spiro atoms. The van der Waals surface area contributed by atoms with E-state index < -0.39 is 11.7 Å². The zero-order valence-corrected chi connectivity index (χ0v) is 10.8. The summed E-state index contributed by atoms with van der Waals surface area (Å²) in [5, 5.41) is 2.78. The number of halogens is 3. The molecule has 1 saturated heterocycles. The van der Waals surface area contributed by atoms with Crippen LogP contribution < -0.4 is 11.1 Å². The number of alkyl halides is 3. The number of nitrogens with two attached hydrogens (primary N) is 1. The van der Waals surface area contributed by atoms with Crippen LogP contribution in [-0.2, 0) is 11.0 Å². The SMILES string of the molecule is Nc1cc(C(F)(F)F)ccc1NCC(=O)N1CCCC1. The maximum absolute atomic E-state index is 12.5. The summed E-state index contributed by atoms with van der Waals surface area (Å²) in [6.45, 7) is 1.52. The van der Waals surface area contributed by atoms with Crippen LogP contribution in [0.15, 0.2) is 18.2 Å². The molecule has 4 nitrogen and oxygen atoms in total. The molecule has 1 amide bonds. The van der Waals surface area contributed by atoms with E-state index in [-0.39, 0.29) is 18.1 Å². The third-order valence-electron chi connectivity index (χ3n) is 3.27. The van der Waals surface area contributed by atoms with Gasteiger partial charge in [-0.1, -0.05) is 0 Å². The Morgan fingerprint density at radius 3 is 2.50 bits per heavy atom. The average molecular weight is 287 g/mol. The van der Waals surface area contributed by atoms with Gasteiger partial charge >= 0.3 is 6.18 Å². The molecule has 2 rings (SSSR count). The van der Waals surface area contributed by atoms with Gasteiger partial charge in [0.05, 0.1) is 23.5 Å². The molecule has 1 heterocycles. The number of benzene rings is 1. The van der Waals surface area contributed by atoms with Crippen molar-refractivity contribution in [3.05, 3.63) is 23.8 Å². The van der Waals surface area contributed by atoms with E-state index in [0.717, 1.165) is 38.1 Å². The van der Waals surface area contributed by atoms with Crippen LogP contribution in [0.5, 0.6) is 0 Å². The standard InChI is InChI=1S/C13H16F3N3O/c14-13(15,16)9-3-4-11(10(17)7-9)18-8-12(20)19-5-1-2-6-19/h3-4,7,18H,1-2,5-6,8,17H2. The zero-order chi connectivity index (χ0) is 14.8. The molecule has 3 N–H and O–H groups in total. The molecule has 0 radical (unpaired) electrons. The summed E-state index contributed by atoms with van der Waals surface area (Å²) in [5.41, 5.74) is 5.09. The summed E-state index contributed by atoms with van der Waals surface area (Å²) < 4.78 is 37.4. The normalized spacial score (nSPS) is 15.4. The number of rotatable bonds is 3. The molecule has 1 aliphatic rings. The predicted octanol–water partition coefficient (Wildman–Crippen LogP) is 2.32. The Kier molecular flexibility index (Phi) is 4.06. The molecule has 0 aliphatic carbocycles. The van der Waals surface area contributed by atoms with Crippen LogP contribution in [0.3, 0.4) is 0 Å². The predicted molar refractivity (Wildman–Crippen MR) is 70.2 cm³/mol. The molecule has 1 aromatic rings. The smallest absolute Gasteiger partial charge is 0.397 e. The second kappa shape index (κ2) is 5.60. The summed E-state index contributed by atoms with van der Waals surface area (Å²) >= 11 is 0. The fourth-order valence-electron chi connectivity index (χ4n) is 2.15. The first-order valence-electron chi connectivity index (χ1n) is 6.36. The zero-order valence-electron chi connectivity index (χ0n) is 10.8. The Bertz CT molecular complexity index is 496. The second-order valence-electron chi connectivity index (χ2n) is 4.74. The number of carbonyl (C=O) groups is 1. The Balaban J connectivity index is 1.98. The van der Waals surface area contributed by atoms with Crippen molar-refractivity contribution in [3.8, 4) is 0 Å². The number of nitrogens with one attached hydrogen (secondary N) is 1. The fourth-order valence-corrected chi connectivity index (χ4v) is 2.15. The van der Waals surface area contributed by atoms with Crippen molar-refractivity contribution in [3.63, 3.8) is 0 Å². The monoisotopic (exact) mass is 287 g/mol. The van der Waals surface area contributed by atoms with Crippen LogP contribution in [0.2, 0.25) is 0 Å². The van der Waals surface area contributed by atoms with Crippen LogP contribution in [0.4, 0.5) is 24.5 Å². The van der Waals surface area contributed by atoms with E-state index in [0.29, 0.717) is 5.69 Å². The van der Waals surface area contributed by atoms with Crippen LogP contribution in [0.25, 0.3) is 0 Å². The number of carbonyl (C=O) groups excluding carboxylic acids is 1. The maximum Gasteiger partial charge on any atom is 0.416 e. The van der Waals surface area contributed by atoms with Gasteiger partial charge in [0.15, 0.2) is 0 Å². The average Bonchev–Trinajstić information content (AvgIpc) is 2.89. The molecular formula is C13H16F3N3O. The van der Waals surface area contributed by atoms with Gasteiger partial charge in [-0.15, -0.1) is 0 Å². The number of amides is 1. The van der Waals surface area contributed by atoms with E-state index >= 15 is 0 Å². The van der Waals surface area contributed by atoms with Crippen molar-refractivity contribution in [2.75, 3.05) is 30.7 Å². The number of nitrogen functional groups attached to an aromatic ring is 1. The van der Waals surface area contributed by atoms with Crippen LogP contribution in [-0.4, -0.2) is 30.4 Å². The first-order chi connectivity index (χ1) is 9.38. The summed E-state index contributed by atoms with van der Waals surface area (Å²) in [6, 6.07) is 3.05. The van der Waals surface area contributed by atoms with Crippen molar-refractivity contribution in [2.45, 2.75) is 19.0 Å². The Labute approximate surface area is 114 Å². The lowest BCUT2D eigenvalue weighted by molar-refractivity contribution is -0.137. The summed E-state index contributed by atoms with van der Waals surface area (Å²) in [5.74, 6) is -0.0678. The number of nitrogens with zero attached hydrogens (tertiary/aromatic N) is 1. The second-order valence-corrected chi connectivity index (χ2v) is 4.74. The fraction of sp³-hybridized carbons (Fsp3) is 0.462. The van der Waals surface area contributed by atoms with E-state index in [4.69, 9.17) is 5.73 Å². The largest absolute Gasteiger partial charge is 0.416 e. The highest BCUT2D eigenvalue weighted by atomic mass is 19.4. The lowest BCUT2D eigenvalue weighted by Gasteiger charge is -2.17. The molecule has 0 aromatic heterocycles. The van der Waals surface area contributed by atoms with Crippen molar-refractivity contribution in [1.82, 2.24) is 4.90 Å². The molecule has 20 heavy (non-hydrogen) atoms. The highest BCUT2D eigenvalue weighted by Gasteiger charge is 2.30. The van der Waals surface area contributed by atoms with Gasteiger partial charge in [-0.3, -0.25) is 4.79 Å². The lowest BCUT2D eigenvalue weighted by atomic mass is 10.1. The first kappa shape index (κ1) is 14.5. The highest BCUT2D eigenvalue weighted by Crippen LogP contribution is 2.32. The molecule has 110 valence electrons. The van der Waals surface area contributed by atoms with Crippen LogP contribution in [0, 0.1) is 0 Å². The van der Waals surface area contributed by atoms with Crippen molar-refractivity contribution in [1.29, 1.82) is 0 Å². The molecule has 1 fully saturated rings. The van der Waals surface area contributed by atoms with Gasteiger partial charge in [0, 0.05) is 13.1 Å². The lowest BCUT2D eigenvalue weighted by Crippen LogP contribution is -2.33. The Hall–Kier alpha value is -1.92. The summed E-state index contributed by atoms with van der Waals surface area (Å²) in [4.78, 5) is 13.5. The van der Waals surface area contributed by atoms with E-state index in [1.165, 1.54) is 6.07 Å². The van der Waals surface area contributed by atoms with E-state index in [9.17, 15) is 18.0 Å². The minimum Gasteiger partial charge on any atom is -0.397 e. The highest BCUT2D eigenvalue weighted by molar-refractivity contribution is 5.82. The third kappa shape index (κ3) is 3.34. The number of likely N-dealkylation sites (tertiary alicyclic amines) is 1. The maximum atomic E-state index is 12.5. The molecule has 7 heteroatoms. The quantitative estimate of drug-likeness (QED) is 0.839. The minimum absolute atomic E-state index is 0.0194. The van der Waals surface area contributed by atoms with Gasteiger partial charge in [-0.2, -0.15) is 13.2 Å². The molecule has 0 unspecified atom stereocenters. The van der Waals surface area contributed by atoms with Gasteiger partial charge in [0.1, 0.15) is 0 Å². The number of anilines is 2. The summed E-state index contributed by atoms with van der Waals surface area (Å²) in [6.07, 6.45) is -2.43. The molecule has 0 bridgehead atoms. The molecule has 1 aliphatic heterocycles. The topological polar surface area (TPSA) is 58.4 Å². The van der Waals surface area contributed by atoms with E-state index in [1.54, 1.807) is 4.90 Å². The first-order valence-corrected chi connectivity index (χ1v) is 6.36. The van der Waals surface area contributed by atoms with E-state index in [1.807, 2.05) is 0 Å². The van der Waals surface area contributed by atoms with Crippen molar-refractivity contribution in [2.24, 2.45) is 0 Å². The van der Waals surface area contributed by atoms with E-state index in [2.05, 4.69) is 5.32 Å². The van der Waals surface area contributed by atoms with Gasteiger partial charge in [0.2, 0.25) is 5.91 Å². The van der Waals surface area contributed by atoms with Crippen LogP contribution in [0.1, 0.15) is 18.4 Å². The van der Waals surface area contributed by atoms with Gasteiger partial charge in [-0.05, 0) is 31.0 Å². The Morgan fingerprint density at radius 1 is 1.30 bits per heavy atom.